The van der Waals surface area contributed by atoms with Gasteiger partial charge in [0.25, 0.3) is 0 Å². The second-order valence-corrected chi connectivity index (χ2v) is 27.9. The van der Waals surface area contributed by atoms with Crippen LogP contribution in [0.5, 0.6) is 0 Å². The van der Waals surface area contributed by atoms with Gasteiger partial charge >= 0.3 is 166 Å². The Labute approximate surface area is 538 Å². The molecular weight excluding hydrogens is 1070 g/mol. The second-order valence-electron chi connectivity index (χ2n) is 26.5. The molecular formula is C82H144N2Ni. The van der Waals surface area contributed by atoms with Gasteiger partial charge in [-0.2, -0.15) is 0 Å². The van der Waals surface area contributed by atoms with E-state index in [1.54, 1.807) is 0 Å². The number of aryl methyl sites for hydroxylation is 2. The molecule has 0 aliphatic carbocycles. The molecule has 0 bridgehead atoms. The molecule has 2 nitrogen and oxygen atoms in total. The monoisotopic (exact) mass is 1220 g/mol. The summed E-state index contributed by atoms with van der Waals surface area (Å²) in [4.78, 5) is 0. The standard InChI is InChI=1S/C50H78N2.2C16H33.Ni/c1-4-7-10-12-13-14-15-16-17-18-19-20-21-22-23-24-25-26-27-28-29-31-36-45-37-32-33-38-48(45)50-47(35-9-6-3)43-49(52(50)51)46-41-39-44(40-42-46)34-30-11-8-5-2;2*1-3-5-7-9-11-13-15-16-14-12-10-8-6-4-2;/h28-29,32-33,37-43H,4-27,30-31,34-36H2,1-3H3;2*1,3-16H2,2H3;. The van der Waals surface area contributed by atoms with Crippen LogP contribution in [0, 0.1) is 0 Å². The Balaban J connectivity index is 0.000000646. The van der Waals surface area contributed by atoms with Crippen molar-refractivity contribution in [2.24, 2.45) is 0 Å². The Morgan fingerprint density at radius 3 is 1.07 bits per heavy atom. The molecule has 3 heteroatoms. The van der Waals surface area contributed by atoms with Crippen LogP contribution in [0.1, 0.15) is 410 Å². The van der Waals surface area contributed by atoms with E-state index < -0.39 is 0 Å². The molecule has 0 aromatic heterocycles. The Hall–Kier alpha value is -2.25. The summed E-state index contributed by atoms with van der Waals surface area (Å²) in [6.45, 7) is 11.4. The summed E-state index contributed by atoms with van der Waals surface area (Å²) in [5.74, 6) is 0. The summed E-state index contributed by atoms with van der Waals surface area (Å²) in [5.41, 5.74) is 19.8. The average molecular weight is 1220 g/mol. The van der Waals surface area contributed by atoms with Gasteiger partial charge in [-0.15, -0.1) is 0 Å². The van der Waals surface area contributed by atoms with Crippen LogP contribution in [0.3, 0.4) is 0 Å². The summed E-state index contributed by atoms with van der Waals surface area (Å²) in [6, 6.07) is 17.6. The molecule has 492 valence electrons. The summed E-state index contributed by atoms with van der Waals surface area (Å²) in [6.07, 6.45) is 86.7. The molecule has 0 atom stereocenters. The molecule has 0 radical (unpaired) electrons. The van der Waals surface area contributed by atoms with Gasteiger partial charge in [0.2, 0.25) is 11.4 Å². The van der Waals surface area contributed by atoms with E-state index in [9.17, 15) is 5.53 Å². The van der Waals surface area contributed by atoms with Gasteiger partial charge in [-0.3, -0.25) is 0 Å². The van der Waals surface area contributed by atoms with Crippen molar-refractivity contribution in [3.05, 3.63) is 100 Å². The van der Waals surface area contributed by atoms with Crippen molar-refractivity contribution < 1.29 is 19.1 Å². The zero-order valence-corrected chi connectivity index (χ0v) is 58.8. The molecule has 1 aliphatic heterocycles. The quantitative estimate of drug-likeness (QED) is 0.0273. The predicted molar refractivity (Wildman–Crippen MR) is 380 cm³/mol. The van der Waals surface area contributed by atoms with Crippen molar-refractivity contribution in [1.29, 1.82) is 0 Å². The van der Waals surface area contributed by atoms with E-state index in [0.29, 0.717) is 0 Å². The first-order valence-corrected chi connectivity index (χ1v) is 39.7. The molecule has 0 spiro atoms. The Kier molecular flexibility index (Phi) is 57.5. The minimum Gasteiger partial charge on any atom is -0.0654 e. The molecule has 0 unspecified atom stereocenters. The van der Waals surface area contributed by atoms with Crippen molar-refractivity contribution >= 4 is 11.4 Å². The Morgan fingerprint density at radius 2 is 0.671 bits per heavy atom. The third kappa shape index (κ3) is 45.6. The van der Waals surface area contributed by atoms with Crippen molar-refractivity contribution in [2.75, 3.05) is 0 Å². The van der Waals surface area contributed by atoms with Crippen LogP contribution in [-0.2, 0) is 27.3 Å². The predicted octanol–water partition coefficient (Wildman–Crippen LogP) is 29.6. The minimum atomic E-state index is 0.901. The van der Waals surface area contributed by atoms with Crippen LogP contribution in [0.2, 0.25) is 10.8 Å². The number of rotatable bonds is 62. The van der Waals surface area contributed by atoms with Gasteiger partial charge in [-0.25, -0.2) is 4.70 Å². The SMILES string of the molecule is CCCCCCCCCCCCCCCCCCCCC=CCCc1ccccc1C1=C(CCCC)C=C(c2ccc(CCCCCC)cc2)[N+]1=[N-].CCCCCCCCCCCCCCC[CH2][Ni][CH2]CCCCCCCCCCCCCCC. The van der Waals surface area contributed by atoms with E-state index in [1.807, 2.05) is 14.4 Å². The first-order chi connectivity index (χ1) is 42.1. The van der Waals surface area contributed by atoms with Crippen molar-refractivity contribution in [1.82, 2.24) is 0 Å². The second kappa shape index (κ2) is 62.0. The summed E-state index contributed by atoms with van der Waals surface area (Å²) in [7, 11) is 0. The molecule has 2 aromatic carbocycles. The summed E-state index contributed by atoms with van der Waals surface area (Å²) < 4.78 is 1.48. The normalized spacial score (nSPS) is 12.6. The number of hydrogen-bond donors (Lipinski definition) is 0. The Bertz CT molecular complexity index is 1810. The third-order valence-electron chi connectivity index (χ3n) is 18.3. The topological polar surface area (TPSA) is 25.3 Å². The smallest absolute Gasteiger partial charge is 0.0654 e. The van der Waals surface area contributed by atoms with Gasteiger partial charge in [0.1, 0.15) is 0 Å². The number of benzene rings is 2. The van der Waals surface area contributed by atoms with Crippen LogP contribution < -0.4 is 0 Å². The van der Waals surface area contributed by atoms with E-state index in [0.717, 1.165) is 55.5 Å². The number of allylic oxidation sites excluding steroid dienone is 4. The zero-order valence-electron chi connectivity index (χ0n) is 57.8. The molecule has 0 amide bonds. The van der Waals surface area contributed by atoms with Gasteiger partial charge in [0.15, 0.2) is 0 Å². The van der Waals surface area contributed by atoms with Crippen molar-refractivity contribution in [3.63, 3.8) is 0 Å². The van der Waals surface area contributed by atoms with Gasteiger partial charge in [0, 0.05) is 22.8 Å². The molecule has 0 fully saturated rings. The number of hydrogen-bond acceptors (Lipinski definition) is 0. The molecule has 0 N–H and O–H groups in total. The van der Waals surface area contributed by atoms with Crippen molar-refractivity contribution in [2.45, 2.75) is 411 Å². The fourth-order valence-electron chi connectivity index (χ4n) is 12.6. The minimum absolute atomic E-state index is 0.901. The average Bonchev–Trinajstić information content (AvgIpc) is 2.32. The Morgan fingerprint density at radius 1 is 0.329 bits per heavy atom. The molecule has 1 heterocycles. The summed E-state index contributed by atoms with van der Waals surface area (Å²) >= 11 is 2.04. The molecule has 0 saturated heterocycles. The van der Waals surface area contributed by atoms with Gasteiger partial charge in [-0.1, -0.05) is 250 Å². The number of unbranched alkanes of at least 4 members (excludes halogenated alkanes) is 48. The first-order valence-electron chi connectivity index (χ1n) is 38.3. The van der Waals surface area contributed by atoms with Crippen molar-refractivity contribution in [3.8, 4) is 0 Å². The van der Waals surface area contributed by atoms with Crippen LogP contribution in [0.15, 0.2) is 72.3 Å². The van der Waals surface area contributed by atoms with E-state index in [4.69, 9.17) is 0 Å². The van der Waals surface area contributed by atoms with Crippen LogP contribution in [-0.4, -0.2) is 4.70 Å². The zero-order chi connectivity index (χ0) is 60.8. The summed E-state index contributed by atoms with van der Waals surface area (Å²) in [5, 5.41) is 2.87. The molecule has 2 aromatic rings. The molecule has 3 rings (SSSR count). The van der Waals surface area contributed by atoms with E-state index in [2.05, 4.69) is 101 Å². The maximum absolute atomic E-state index is 11.7. The first kappa shape index (κ1) is 78.8. The van der Waals surface area contributed by atoms with Gasteiger partial charge < -0.3 is 5.53 Å². The van der Waals surface area contributed by atoms with E-state index in [-0.39, 0.29) is 0 Å². The molecule has 85 heavy (non-hydrogen) atoms. The number of nitrogens with zero attached hydrogens (tertiary/aromatic N) is 2. The fraction of sp³-hybridized carbons (Fsp3) is 0.780. The maximum atomic E-state index is 11.7. The molecule has 1 aliphatic rings. The molecule has 0 saturated carbocycles. The van der Waals surface area contributed by atoms with Crippen LogP contribution in [0.4, 0.5) is 0 Å². The van der Waals surface area contributed by atoms with E-state index >= 15 is 0 Å². The van der Waals surface area contributed by atoms with Gasteiger partial charge in [-0.05, 0) is 80.7 Å². The fourth-order valence-corrected chi connectivity index (χ4v) is 13.8. The van der Waals surface area contributed by atoms with Crippen LogP contribution >= 0.6 is 0 Å². The van der Waals surface area contributed by atoms with E-state index in [1.165, 1.54) is 365 Å². The van der Waals surface area contributed by atoms with Crippen LogP contribution in [0.25, 0.3) is 16.9 Å². The van der Waals surface area contributed by atoms with Gasteiger partial charge in [0.05, 0.1) is 0 Å². The third-order valence-corrected chi connectivity index (χ3v) is 19.7.